The lowest BCUT2D eigenvalue weighted by Gasteiger charge is -2.08. The van der Waals surface area contributed by atoms with E-state index in [9.17, 15) is 19.2 Å². The first-order chi connectivity index (χ1) is 29.0. The first kappa shape index (κ1) is 55.2. The Labute approximate surface area is 394 Å². The number of H-pyrrole nitrogens is 2. The molecular weight excluding hydrogens is 894 g/mol. The zero-order chi connectivity index (χ0) is 41.7. The van der Waals surface area contributed by atoms with Crippen molar-refractivity contribution in [2.45, 2.75) is 0 Å². The fourth-order valence-electron chi connectivity index (χ4n) is 7.67. The molecule has 0 fully saturated rings. The Morgan fingerprint density at radius 3 is 0.851 bits per heavy atom. The van der Waals surface area contributed by atoms with Gasteiger partial charge in [-0.15, -0.1) is 0 Å². The van der Waals surface area contributed by atoms with Gasteiger partial charge < -0.3 is 64.5 Å². The Morgan fingerprint density at radius 2 is 0.612 bits per heavy atom. The molecule has 19 heteroatoms. The van der Waals surface area contributed by atoms with Gasteiger partial charge in [-0.05, 0) is 130 Å². The minimum Gasteiger partial charge on any atom is -0.366 e. The summed E-state index contributed by atoms with van der Waals surface area (Å²) in [5.74, 6) is -1.17. The van der Waals surface area contributed by atoms with Crippen molar-refractivity contribution in [2.75, 3.05) is 0 Å². The smallest absolute Gasteiger partial charge is 0.252 e. The normalized spacial score (nSPS) is 10.5. The predicted molar refractivity (Wildman–Crippen MR) is 273 cm³/mol. The van der Waals surface area contributed by atoms with Gasteiger partial charge in [0.05, 0.1) is 22.8 Å². The number of primary amides is 2. The average Bonchev–Trinajstić information content (AvgIpc) is 4.09. The minimum atomic E-state index is -0.610. The Morgan fingerprint density at radius 1 is 0.373 bits per heavy atom. The molecule has 0 atom stereocenters. The van der Waals surface area contributed by atoms with Gasteiger partial charge in [-0.2, -0.15) is 0 Å². The summed E-state index contributed by atoms with van der Waals surface area (Å²) in [6.45, 7) is 0. The molecule has 0 saturated carbocycles. The number of hydrogen-bond donors (Lipinski definition) is 11. The number of nitrogens with one attached hydrogen (secondary N) is 2. The standard InChI is InChI=1S/C48H30Cl2N6O4.7H3N/c49-45(57)29-9-1-5-25(21-29)41-33-13-17-37(53-33)43(27-7-3-11-31(23-27)47(51)59)39-19-15-35(55-39)42(26-6-2-10-30(22-26)46(50)58)36-16-20-40(56-36)44(38-18-14-34(41)54-38)28-8-4-12-32(24-28)48(52)60;;;;;;;/h1-24,53,56H,(H2,51,59)(H2,52,60);7*1H3. The number of nitrogens with two attached hydrogens (primary N) is 2. The number of amides is 2. The SMILES string of the molecule is N.N.N.N.N.N.N.NC(=O)c1cccc(-c2c3nc(c(-c4cccc(C(=O)Cl)c4)c4ccc([nH]4)c(-c4cccc(C(N)=O)c4)c4nc(c(-c5cccc(C(=O)Cl)c5)c5ccc2[nH]5)C=C4)C=C3)c1. The molecule has 0 radical (unpaired) electrons. The number of aromatic nitrogens is 4. The lowest BCUT2D eigenvalue weighted by Crippen LogP contribution is -2.10. The summed E-state index contributed by atoms with van der Waals surface area (Å²) >= 11 is 12.0. The van der Waals surface area contributed by atoms with Gasteiger partial charge in [0.2, 0.25) is 11.8 Å². The van der Waals surface area contributed by atoms with E-state index in [4.69, 9.17) is 44.6 Å². The topological polar surface area (TPSA) is 423 Å². The second kappa shape index (κ2) is 22.3. The zero-order valence-corrected chi connectivity index (χ0v) is 37.8. The van der Waals surface area contributed by atoms with Crippen LogP contribution in [0.5, 0.6) is 0 Å². The van der Waals surface area contributed by atoms with E-state index in [1.165, 1.54) is 0 Å². The Hall–Kier alpha value is -7.94. The molecule has 3 aromatic heterocycles. The molecule has 7 aromatic rings. The third-order valence-corrected chi connectivity index (χ3v) is 10.8. The molecule has 0 saturated heterocycles. The Bertz CT molecular complexity index is 2850. The maximum absolute atomic E-state index is 12.4. The number of rotatable bonds is 8. The number of halogens is 2. The van der Waals surface area contributed by atoms with Crippen molar-refractivity contribution in [1.29, 1.82) is 0 Å². The number of carbonyl (C=O) groups is 4. The molecule has 0 spiro atoms. The minimum absolute atomic E-state index is 0. The molecule has 346 valence electrons. The van der Waals surface area contributed by atoms with Crippen LogP contribution in [0.1, 0.15) is 64.2 Å². The third kappa shape index (κ3) is 10.5. The summed E-state index contributed by atoms with van der Waals surface area (Å²) in [5, 5.41) is -1.22. The summed E-state index contributed by atoms with van der Waals surface area (Å²) in [6, 6.07) is 35.7. The second-order valence-corrected chi connectivity index (χ2v) is 14.8. The van der Waals surface area contributed by atoms with Gasteiger partial charge in [0.25, 0.3) is 10.5 Å². The van der Waals surface area contributed by atoms with Gasteiger partial charge in [0.15, 0.2) is 0 Å². The molecule has 5 heterocycles. The van der Waals surface area contributed by atoms with E-state index in [1.807, 2.05) is 72.8 Å². The van der Waals surface area contributed by atoms with E-state index in [2.05, 4.69) is 9.97 Å². The number of nitrogens with zero attached hydrogens (tertiary/aromatic N) is 2. The number of fused-ring (bicyclic) bond motifs is 8. The molecule has 67 heavy (non-hydrogen) atoms. The van der Waals surface area contributed by atoms with Gasteiger partial charge in [-0.1, -0.05) is 60.7 Å². The van der Waals surface area contributed by atoms with Crippen LogP contribution in [0.25, 0.3) is 90.9 Å². The van der Waals surface area contributed by atoms with Gasteiger partial charge in [0.1, 0.15) is 0 Å². The summed E-state index contributed by atoms with van der Waals surface area (Å²) in [4.78, 5) is 67.4. The summed E-state index contributed by atoms with van der Waals surface area (Å²) in [6.07, 6.45) is 7.55. The number of aromatic amines is 2. The monoisotopic (exact) mass is 943 g/mol. The Balaban J connectivity index is 0.00000220. The van der Waals surface area contributed by atoms with E-state index in [0.717, 1.165) is 0 Å². The van der Waals surface area contributed by atoms with E-state index in [-0.39, 0.29) is 43.1 Å². The molecule has 0 unspecified atom stereocenters. The lowest BCUT2D eigenvalue weighted by molar-refractivity contribution is 0.0992. The van der Waals surface area contributed by atoms with Crippen molar-refractivity contribution in [1.82, 2.24) is 63.0 Å². The molecule has 17 nitrogen and oxygen atoms in total. The quantitative estimate of drug-likeness (QED) is 0.0632. The van der Waals surface area contributed by atoms with Crippen LogP contribution < -0.4 is 54.5 Å². The van der Waals surface area contributed by atoms with Gasteiger partial charge in [-0.3, -0.25) is 19.2 Å². The van der Waals surface area contributed by atoms with Gasteiger partial charge >= 0.3 is 0 Å². The first-order valence-electron chi connectivity index (χ1n) is 18.6. The van der Waals surface area contributed by atoms with E-state index in [0.29, 0.717) is 112 Å². The van der Waals surface area contributed by atoms with Crippen LogP contribution in [0.3, 0.4) is 0 Å². The molecule has 8 bridgehead atoms. The van der Waals surface area contributed by atoms with Crippen molar-refractivity contribution in [3.63, 3.8) is 0 Å². The van der Waals surface area contributed by atoms with Crippen molar-refractivity contribution >= 4 is 91.9 Å². The highest BCUT2D eigenvalue weighted by Gasteiger charge is 2.21. The van der Waals surface area contributed by atoms with Crippen molar-refractivity contribution in [3.05, 3.63) is 166 Å². The molecular formula is C48H51Cl2N13O4. The number of hydrogen-bond acceptors (Lipinski definition) is 13. The van der Waals surface area contributed by atoms with Crippen LogP contribution in [0.15, 0.2) is 121 Å². The molecule has 2 aliphatic rings. The zero-order valence-electron chi connectivity index (χ0n) is 36.2. The van der Waals surface area contributed by atoms with Crippen LogP contribution in [-0.4, -0.2) is 42.2 Å². The average molecular weight is 945 g/mol. The lowest BCUT2D eigenvalue weighted by atomic mass is 10.0. The molecule has 27 N–H and O–H groups in total. The van der Waals surface area contributed by atoms with Crippen molar-refractivity contribution in [2.24, 2.45) is 11.5 Å². The van der Waals surface area contributed by atoms with E-state index in [1.54, 1.807) is 72.8 Å². The van der Waals surface area contributed by atoms with Crippen LogP contribution in [0.2, 0.25) is 0 Å². The van der Waals surface area contributed by atoms with Crippen LogP contribution in [-0.2, 0) is 0 Å². The Kier molecular flexibility index (Phi) is 18.4. The number of carbonyl (C=O) groups excluding carboxylic acids is 4. The molecule has 2 aliphatic heterocycles. The van der Waals surface area contributed by atoms with E-state index < -0.39 is 22.3 Å². The summed E-state index contributed by atoms with van der Waals surface area (Å²) < 4.78 is 0. The highest BCUT2D eigenvalue weighted by atomic mass is 35.5. The van der Waals surface area contributed by atoms with Crippen LogP contribution in [0.4, 0.5) is 0 Å². The van der Waals surface area contributed by atoms with E-state index >= 15 is 0 Å². The van der Waals surface area contributed by atoms with Gasteiger partial charge in [0, 0.05) is 66.6 Å². The third-order valence-electron chi connectivity index (χ3n) is 10.4. The fraction of sp³-hybridized carbons (Fsp3) is 0. The van der Waals surface area contributed by atoms with Crippen LogP contribution in [0, 0.1) is 0 Å². The maximum Gasteiger partial charge on any atom is 0.252 e. The molecule has 2 amide bonds. The molecule has 0 aliphatic carbocycles. The van der Waals surface area contributed by atoms with Crippen LogP contribution >= 0.6 is 23.2 Å². The van der Waals surface area contributed by atoms with Gasteiger partial charge in [-0.25, -0.2) is 9.97 Å². The predicted octanol–water partition coefficient (Wildman–Crippen LogP) is 11.4. The summed E-state index contributed by atoms with van der Waals surface area (Å²) in [7, 11) is 0. The van der Waals surface area contributed by atoms with Crippen molar-refractivity contribution in [3.8, 4) is 44.5 Å². The molecule has 4 aromatic carbocycles. The summed E-state index contributed by atoms with van der Waals surface area (Å²) in [5.41, 5.74) is 23.0. The maximum atomic E-state index is 12.4. The highest BCUT2D eigenvalue weighted by Crippen LogP contribution is 2.39. The van der Waals surface area contributed by atoms with Crippen molar-refractivity contribution < 1.29 is 19.2 Å². The second-order valence-electron chi connectivity index (χ2n) is 14.1. The highest BCUT2D eigenvalue weighted by molar-refractivity contribution is 6.68. The largest absolute Gasteiger partial charge is 0.366 e. The number of benzene rings is 4. The first-order valence-corrected chi connectivity index (χ1v) is 19.4. The molecule has 9 rings (SSSR count). The fourth-order valence-corrected chi connectivity index (χ4v) is 7.91.